The van der Waals surface area contributed by atoms with Crippen molar-refractivity contribution < 1.29 is 24.2 Å². The van der Waals surface area contributed by atoms with Crippen molar-refractivity contribution in [1.29, 1.82) is 0 Å². The van der Waals surface area contributed by atoms with Gasteiger partial charge in [0.15, 0.2) is 4.80 Å². The van der Waals surface area contributed by atoms with E-state index in [9.17, 15) is 19.5 Å². The van der Waals surface area contributed by atoms with Crippen LogP contribution >= 0.6 is 11.3 Å². The molecule has 1 atom stereocenters. The highest BCUT2D eigenvalue weighted by atomic mass is 32.1. The SMILES string of the molecule is CCOC(=O)C1=C(c2ccccc2)N=c2s/c(=C\c3ccc(OCc4cccc(C(=O)O)c4)cc3)c(=O)n2[C@H]1c1ccccc1. The highest BCUT2D eigenvalue weighted by Gasteiger charge is 2.35. The number of esters is 1. The fourth-order valence-electron chi connectivity index (χ4n) is 5.16. The lowest BCUT2D eigenvalue weighted by Crippen LogP contribution is -2.39. The van der Waals surface area contributed by atoms with Gasteiger partial charge in [0.25, 0.3) is 5.56 Å². The minimum atomic E-state index is -0.991. The average molecular weight is 617 g/mol. The van der Waals surface area contributed by atoms with Crippen LogP contribution in [-0.2, 0) is 16.1 Å². The number of aromatic carboxylic acids is 1. The number of benzene rings is 4. The molecule has 0 spiro atoms. The van der Waals surface area contributed by atoms with Gasteiger partial charge in [-0.15, -0.1) is 0 Å². The van der Waals surface area contributed by atoms with Gasteiger partial charge in [-0.2, -0.15) is 0 Å². The summed E-state index contributed by atoms with van der Waals surface area (Å²) in [5, 5.41) is 9.22. The number of ether oxygens (including phenoxy) is 2. The van der Waals surface area contributed by atoms with Crippen LogP contribution in [0, 0.1) is 0 Å². The van der Waals surface area contributed by atoms with Gasteiger partial charge in [0, 0.05) is 5.56 Å². The Labute approximate surface area is 262 Å². The van der Waals surface area contributed by atoms with Gasteiger partial charge >= 0.3 is 11.9 Å². The summed E-state index contributed by atoms with van der Waals surface area (Å²) in [6.45, 7) is 2.15. The van der Waals surface area contributed by atoms with Crippen molar-refractivity contribution >= 4 is 35.0 Å². The number of aromatic nitrogens is 1. The van der Waals surface area contributed by atoms with E-state index >= 15 is 0 Å². The number of carbonyl (C=O) groups excluding carboxylic acids is 1. The predicted octanol–water partition coefficient (Wildman–Crippen LogP) is 5.21. The molecule has 1 aromatic heterocycles. The zero-order chi connectivity index (χ0) is 31.3. The number of fused-ring (bicyclic) bond motifs is 1. The Morgan fingerprint density at radius 1 is 0.933 bits per heavy atom. The number of carboxylic acid groups (broad SMARTS) is 1. The minimum absolute atomic E-state index is 0.185. The Morgan fingerprint density at radius 3 is 2.33 bits per heavy atom. The average Bonchev–Trinajstić information content (AvgIpc) is 3.38. The van der Waals surface area contributed by atoms with Gasteiger partial charge in [-0.05, 0) is 54.0 Å². The van der Waals surface area contributed by atoms with Crippen LogP contribution in [0.15, 0.2) is 125 Å². The molecule has 0 unspecified atom stereocenters. The first-order chi connectivity index (χ1) is 21.9. The van der Waals surface area contributed by atoms with Crippen molar-refractivity contribution in [3.63, 3.8) is 0 Å². The van der Waals surface area contributed by atoms with Crippen LogP contribution in [0.4, 0.5) is 0 Å². The lowest BCUT2D eigenvalue weighted by Gasteiger charge is -2.25. The van der Waals surface area contributed by atoms with Crippen LogP contribution in [0.3, 0.4) is 0 Å². The minimum Gasteiger partial charge on any atom is -0.489 e. The van der Waals surface area contributed by atoms with Crippen LogP contribution in [0.25, 0.3) is 11.8 Å². The van der Waals surface area contributed by atoms with Gasteiger partial charge in [-0.1, -0.05) is 96.3 Å². The summed E-state index contributed by atoms with van der Waals surface area (Å²) in [5.74, 6) is -0.909. The summed E-state index contributed by atoms with van der Waals surface area (Å²) in [6.07, 6.45) is 1.79. The first-order valence-corrected chi connectivity index (χ1v) is 15.1. The molecule has 4 aromatic carbocycles. The monoisotopic (exact) mass is 616 g/mol. The third-order valence-corrected chi connectivity index (χ3v) is 8.23. The van der Waals surface area contributed by atoms with E-state index in [0.717, 1.165) is 22.3 Å². The van der Waals surface area contributed by atoms with Gasteiger partial charge in [0.05, 0.1) is 34.0 Å². The molecular formula is C36H28N2O6S. The van der Waals surface area contributed by atoms with E-state index in [0.29, 0.717) is 26.4 Å². The number of carboxylic acids is 1. The number of hydrogen-bond acceptors (Lipinski definition) is 7. The largest absolute Gasteiger partial charge is 0.489 e. The molecule has 1 aliphatic rings. The van der Waals surface area contributed by atoms with Crippen molar-refractivity contribution in [2.45, 2.75) is 19.6 Å². The molecule has 5 aromatic rings. The fourth-order valence-corrected chi connectivity index (χ4v) is 6.16. The maximum atomic E-state index is 14.0. The molecule has 224 valence electrons. The fraction of sp³-hybridized carbons (Fsp3) is 0.111. The topological polar surface area (TPSA) is 107 Å². The van der Waals surface area contributed by atoms with Gasteiger partial charge in [0.2, 0.25) is 0 Å². The molecule has 0 aliphatic carbocycles. The lowest BCUT2D eigenvalue weighted by atomic mass is 9.93. The molecule has 0 saturated carbocycles. The van der Waals surface area contributed by atoms with Crippen molar-refractivity contribution in [1.82, 2.24) is 4.57 Å². The first kappa shape index (κ1) is 29.5. The molecule has 9 heteroatoms. The maximum Gasteiger partial charge on any atom is 0.338 e. The normalized spacial score (nSPS) is 14.4. The number of carbonyl (C=O) groups is 2. The first-order valence-electron chi connectivity index (χ1n) is 14.3. The molecule has 0 amide bonds. The molecular weight excluding hydrogens is 588 g/mol. The van der Waals surface area contributed by atoms with Crippen LogP contribution in [0.1, 0.15) is 45.6 Å². The van der Waals surface area contributed by atoms with E-state index in [1.807, 2.05) is 72.8 Å². The van der Waals surface area contributed by atoms with Crippen LogP contribution in [-0.4, -0.2) is 28.2 Å². The van der Waals surface area contributed by atoms with E-state index < -0.39 is 18.0 Å². The zero-order valence-electron chi connectivity index (χ0n) is 24.3. The zero-order valence-corrected chi connectivity index (χ0v) is 25.1. The van der Waals surface area contributed by atoms with Crippen LogP contribution < -0.4 is 19.6 Å². The maximum absolute atomic E-state index is 14.0. The van der Waals surface area contributed by atoms with Gasteiger partial charge < -0.3 is 14.6 Å². The third kappa shape index (κ3) is 6.25. The molecule has 0 fully saturated rings. The quantitative estimate of drug-likeness (QED) is 0.228. The van der Waals surface area contributed by atoms with Crippen molar-refractivity contribution in [3.8, 4) is 5.75 Å². The Hall–Kier alpha value is -5.54. The number of rotatable bonds is 9. The summed E-state index contributed by atoms with van der Waals surface area (Å²) in [5.41, 5.74) is 3.77. The van der Waals surface area contributed by atoms with Gasteiger partial charge in [0.1, 0.15) is 12.4 Å². The van der Waals surface area contributed by atoms with Crippen LogP contribution in [0.5, 0.6) is 5.75 Å². The second kappa shape index (κ2) is 13.0. The number of hydrogen-bond donors (Lipinski definition) is 1. The predicted molar refractivity (Wildman–Crippen MR) is 172 cm³/mol. The molecule has 0 saturated heterocycles. The van der Waals surface area contributed by atoms with E-state index in [2.05, 4.69) is 0 Å². The molecule has 0 radical (unpaired) electrons. The third-order valence-electron chi connectivity index (χ3n) is 7.25. The smallest absolute Gasteiger partial charge is 0.338 e. The second-order valence-corrected chi connectivity index (χ2v) is 11.2. The number of nitrogens with zero attached hydrogens (tertiary/aromatic N) is 2. The molecule has 1 N–H and O–H groups in total. The van der Waals surface area contributed by atoms with E-state index in [4.69, 9.17) is 14.5 Å². The van der Waals surface area contributed by atoms with E-state index in [-0.39, 0.29) is 24.3 Å². The Bertz CT molecular complexity index is 2080. The highest BCUT2D eigenvalue weighted by molar-refractivity contribution is 7.07. The van der Waals surface area contributed by atoms with E-state index in [1.54, 1.807) is 47.9 Å². The van der Waals surface area contributed by atoms with Crippen molar-refractivity contribution in [2.75, 3.05) is 6.61 Å². The molecule has 1 aliphatic heterocycles. The summed E-state index contributed by atoms with van der Waals surface area (Å²) >= 11 is 1.26. The standard InChI is InChI=1S/C36H28N2O6S/c1-2-43-35(42)30-31(25-11-5-3-6-12-25)37-36-38(32(30)26-13-7-4-8-14-26)33(39)29(45-36)21-23-16-18-28(19-17-23)44-22-24-10-9-15-27(20-24)34(40)41/h3-21,32H,2,22H2,1H3,(H,40,41)/b29-21-/t32-/m0/s1. The van der Waals surface area contributed by atoms with Crippen LogP contribution in [0.2, 0.25) is 0 Å². The highest BCUT2D eigenvalue weighted by Crippen LogP contribution is 2.35. The van der Waals surface area contributed by atoms with Crippen molar-refractivity contribution in [2.24, 2.45) is 4.99 Å². The summed E-state index contributed by atoms with van der Waals surface area (Å²) in [6, 6.07) is 32.0. The molecule has 45 heavy (non-hydrogen) atoms. The number of thiazole rings is 1. The lowest BCUT2D eigenvalue weighted by molar-refractivity contribution is -0.138. The van der Waals surface area contributed by atoms with Gasteiger partial charge in [-0.3, -0.25) is 9.36 Å². The Kier molecular flexibility index (Phi) is 8.52. The summed E-state index contributed by atoms with van der Waals surface area (Å²) in [7, 11) is 0. The van der Waals surface area contributed by atoms with Gasteiger partial charge in [-0.25, -0.2) is 14.6 Å². The molecule has 8 nitrogen and oxygen atoms in total. The molecule has 6 rings (SSSR count). The second-order valence-electron chi connectivity index (χ2n) is 10.2. The van der Waals surface area contributed by atoms with Crippen molar-refractivity contribution in [3.05, 3.63) is 162 Å². The summed E-state index contributed by atoms with van der Waals surface area (Å²) in [4.78, 5) is 44.1. The molecule has 0 bridgehead atoms. The Morgan fingerprint density at radius 2 is 1.64 bits per heavy atom. The molecule has 2 heterocycles. The Balaban J connectivity index is 1.39. The summed E-state index contributed by atoms with van der Waals surface area (Å²) < 4.78 is 13.4. The van der Waals surface area contributed by atoms with E-state index in [1.165, 1.54) is 17.4 Å².